The van der Waals surface area contributed by atoms with E-state index in [-0.39, 0.29) is 30.2 Å². The molecule has 0 unspecified atom stereocenters. The number of nitrogens with zero attached hydrogens (tertiary/aromatic N) is 1. The van der Waals surface area contributed by atoms with Crippen LogP contribution in [0.3, 0.4) is 0 Å². The van der Waals surface area contributed by atoms with Crippen molar-refractivity contribution >= 4 is 23.2 Å². The number of amides is 2. The second kappa shape index (κ2) is 9.13. The van der Waals surface area contributed by atoms with Crippen molar-refractivity contribution in [3.8, 4) is 10.4 Å². The van der Waals surface area contributed by atoms with Crippen LogP contribution in [-0.4, -0.2) is 40.5 Å². The zero-order chi connectivity index (χ0) is 22.1. The minimum absolute atomic E-state index is 0.0323. The molecule has 2 heterocycles. The first-order valence-corrected chi connectivity index (χ1v) is 12.1. The van der Waals surface area contributed by atoms with Gasteiger partial charge >= 0.3 is 0 Å². The average Bonchev–Trinajstić information content (AvgIpc) is 3.34. The standard InChI is InChI=1S/C25H32N2O3S/c1-15(2)22(18-8-9-18)25(30)27-14-20(28)12-21(27)24(29)26-13-17-4-6-19(7-5-17)23-16(3)10-11-31-23/h4-7,10-11,15,18,20-22,28H,8-9,12-14H2,1-3H3,(H,26,29)/t20-,21+,22+/m1/s1. The van der Waals surface area contributed by atoms with Crippen molar-refractivity contribution in [1.29, 1.82) is 0 Å². The molecule has 0 spiro atoms. The third-order valence-electron chi connectivity index (χ3n) is 6.54. The number of likely N-dealkylation sites (tertiary alicyclic amines) is 1. The van der Waals surface area contributed by atoms with Crippen molar-refractivity contribution in [1.82, 2.24) is 10.2 Å². The number of aryl methyl sites for hydroxylation is 1. The van der Waals surface area contributed by atoms with E-state index in [0.29, 0.717) is 18.9 Å². The summed E-state index contributed by atoms with van der Waals surface area (Å²) >= 11 is 1.73. The van der Waals surface area contributed by atoms with Gasteiger partial charge in [-0.3, -0.25) is 9.59 Å². The first-order valence-electron chi connectivity index (χ1n) is 11.2. The van der Waals surface area contributed by atoms with E-state index in [9.17, 15) is 14.7 Å². The van der Waals surface area contributed by atoms with Gasteiger partial charge in [0.05, 0.1) is 6.10 Å². The fraction of sp³-hybridized carbons (Fsp3) is 0.520. The number of benzene rings is 1. The highest BCUT2D eigenvalue weighted by Gasteiger charge is 2.45. The van der Waals surface area contributed by atoms with Gasteiger partial charge in [0.1, 0.15) is 6.04 Å². The van der Waals surface area contributed by atoms with Crippen LogP contribution in [0.15, 0.2) is 35.7 Å². The molecule has 2 N–H and O–H groups in total. The summed E-state index contributed by atoms with van der Waals surface area (Å²) in [6, 6.07) is 9.75. The number of aliphatic hydroxyl groups is 1. The Labute approximate surface area is 188 Å². The molecule has 1 saturated heterocycles. The maximum atomic E-state index is 13.2. The van der Waals surface area contributed by atoms with Gasteiger partial charge in [0.2, 0.25) is 11.8 Å². The molecule has 2 aliphatic rings. The lowest BCUT2D eigenvalue weighted by Gasteiger charge is -2.30. The second-order valence-corrected chi connectivity index (χ2v) is 10.3. The minimum Gasteiger partial charge on any atom is -0.391 e. The van der Waals surface area contributed by atoms with Crippen LogP contribution in [0.25, 0.3) is 10.4 Å². The van der Waals surface area contributed by atoms with E-state index >= 15 is 0 Å². The Kier molecular flexibility index (Phi) is 6.49. The summed E-state index contributed by atoms with van der Waals surface area (Å²) in [7, 11) is 0. The van der Waals surface area contributed by atoms with Gasteiger partial charge in [-0.15, -0.1) is 11.3 Å². The lowest BCUT2D eigenvalue weighted by atomic mass is 9.89. The Morgan fingerprint density at radius 1 is 1.19 bits per heavy atom. The summed E-state index contributed by atoms with van der Waals surface area (Å²) in [5.41, 5.74) is 3.46. The summed E-state index contributed by atoms with van der Waals surface area (Å²) in [4.78, 5) is 29.1. The van der Waals surface area contributed by atoms with E-state index in [4.69, 9.17) is 0 Å². The Hall–Kier alpha value is -2.18. The fourth-order valence-corrected chi connectivity index (χ4v) is 5.67. The highest BCUT2D eigenvalue weighted by atomic mass is 32.1. The van der Waals surface area contributed by atoms with Crippen LogP contribution in [-0.2, 0) is 16.1 Å². The Bertz CT molecular complexity index is 930. The van der Waals surface area contributed by atoms with Crippen LogP contribution in [0, 0.1) is 24.7 Å². The fourth-order valence-electron chi connectivity index (χ4n) is 4.73. The predicted octanol–water partition coefficient (Wildman–Crippen LogP) is 3.98. The van der Waals surface area contributed by atoms with Crippen LogP contribution >= 0.6 is 11.3 Å². The molecule has 1 aromatic carbocycles. The highest BCUT2D eigenvalue weighted by Crippen LogP contribution is 2.42. The first kappa shape index (κ1) is 22.0. The van der Waals surface area contributed by atoms with Crippen molar-refractivity contribution < 1.29 is 14.7 Å². The average molecular weight is 441 g/mol. The van der Waals surface area contributed by atoms with E-state index in [1.807, 2.05) is 12.1 Å². The van der Waals surface area contributed by atoms with Gasteiger partial charge in [-0.05, 0) is 59.7 Å². The Morgan fingerprint density at radius 3 is 2.48 bits per heavy atom. The van der Waals surface area contributed by atoms with Crippen LogP contribution in [0.1, 0.15) is 44.2 Å². The van der Waals surface area contributed by atoms with Gasteiger partial charge in [0.25, 0.3) is 0 Å². The van der Waals surface area contributed by atoms with Crippen molar-refractivity contribution in [2.45, 2.75) is 58.7 Å². The summed E-state index contributed by atoms with van der Waals surface area (Å²) in [6.45, 7) is 6.92. The van der Waals surface area contributed by atoms with Crippen molar-refractivity contribution in [2.24, 2.45) is 17.8 Å². The van der Waals surface area contributed by atoms with Gasteiger partial charge in [-0.2, -0.15) is 0 Å². The van der Waals surface area contributed by atoms with Crippen LogP contribution in [0.4, 0.5) is 0 Å². The molecule has 4 rings (SSSR count). The number of aliphatic hydroxyl groups excluding tert-OH is 1. The summed E-state index contributed by atoms with van der Waals surface area (Å²) < 4.78 is 0. The maximum absolute atomic E-state index is 13.2. The molecule has 0 bridgehead atoms. The van der Waals surface area contributed by atoms with Gasteiger partial charge in [-0.1, -0.05) is 38.1 Å². The topological polar surface area (TPSA) is 69.6 Å². The Balaban J connectivity index is 1.39. The lowest BCUT2D eigenvalue weighted by Crippen LogP contribution is -2.48. The van der Waals surface area contributed by atoms with Crippen LogP contribution in [0.5, 0.6) is 0 Å². The van der Waals surface area contributed by atoms with Gasteiger partial charge in [0.15, 0.2) is 0 Å². The van der Waals surface area contributed by atoms with Gasteiger partial charge in [-0.25, -0.2) is 0 Å². The quantitative estimate of drug-likeness (QED) is 0.684. The van der Waals surface area contributed by atoms with Crippen LogP contribution in [0.2, 0.25) is 0 Å². The molecule has 31 heavy (non-hydrogen) atoms. The summed E-state index contributed by atoms with van der Waals surface area (Å²) in [5, 5.41) is 15.3. The molecular formula is C25H32N2O3S. The number of hydrogen-bond donors (Lipinski definition) is 2. The van der Waals surface area contributed by atoms with E-state index in [1.54, 1.807) is 16.2 Å². The van der Waals surface area contributed by atoms with Crippen molar-refractivity contribution in [2.75, 3.05) is 6.54 Å². The second-order valence-electron chi connectivity index (χ2n) is 9.35. The number of carbonyl (C=O) groups excluding carboxylic acids is 2. The number of β-amino-alcohol motifs (C(OH)–C–C–N with tert-alkyl or cyclic N) is 1. The van der Waals surface area contributed by atoms with Gasteiger partial charge in [0, 0.05) is 30.3 Å². The molecular weight excluding hydrogens is 408 g/mol. The molecule has 1 aliphatic heterocycles. The SMILES string of the molecule is Cc1ccsc1-c1ccc(CNC(=O)[C@@H]2C[C@@H](O)CN2C(=O)[C@@H](C(C)C)C2CC2)cc1. The van der Waals surface area contributed by atoms with E-state index < -0.39 is 12.1 Å². The number of carbonyl (C=O) groups is 2. The highest BCUT2D eigenvalue weighted by molar-refractivity contribution is 7.13. The molecule has 5 nitrogen and oxygen atoms in total. The normalized spacial score (nSPS) is 22.0. The molecule has 1 aromatic heterocycles. The zero-order valence-corrected chi connectivity index (χ0v) is 19.3. The molecule has 166 valence electrons. The lowest BCUT2D eigenvalue weighted by molar-refractivity contribution is -0.143. The van der Waals surface area contributed by atoms with E-state index in [1.165, 1.54) is 16.0 Å². The number of hydrogen-bond acceptors (Lipinski definition) is 4. The molecule has 0 radical (unpaired) electrons. The maximum Gasteiger partial charge on any atom is 0.243 e. The smallest absolute Gasteiger partial charge is 0.243 e. The molecule has 3 atom stereocenters. The van der Waals surface area contributed by atoms with E-state index in [2.05, 4.69) is 49.7 Å². The van der Waals surface area contributed by atoms with Crippen molar-refractivity contribution in [3.05, 3.63) is 46.8 Å². The predicted molar refractivity (Wildman–Crippen MR) is 124 cm³/mol. The number of thiophene rings is 1. The van der Waals surface area contributed by atoms with Gasteiger partial charge < -0.3 is 15.3 Å². The monoisotopic (exact) mass is 440 g/mol. The third-order valence-corrected chi connectivity index (χ3v) is 7.61. The largest absolute Gasteiger partial charge is 0.391 e. The molecule has 1 saturated carbocycles. The number of nitrogens with one attached hydrogen (secondary N) is 1. The first-order chi connectivity index (χ1) is 14.8. The Morgan fingerprint density at radius 2 is 1.90 bits per heavy atom. The molecule has 6 heteroatoms. The molecule has 1 aliphatic carbocycles. The molecule has 2 amide bonds. The minimum atomic E-state index is -0.639. The molecule has 2 fully saturated rings. The van der Waals surface area contributed by atoms with E-state index in [0.717, 1.165) is 18.4 Å². The number of rotatable bonds is 7. The summed E-state index contributed by atoms with van der Waals surface area (Å²) in [5.74, 6) is 0.478. The third kappa shape index (κ3) is 4.85. The van der Waals surface area contributed by atoms with Crippen LogP contribution < -0.4 is 5.32 Å². The zero-order valence-electron chi connectivity index (χ0n) is 18.5. The van der Waals surface area contributed by atoms with Crippen molar-refractivity contribution in [3.63, 3.8) is 0 Å². The summed E-state index contributed by atoms with van der Waals surface area (Å²) in [6.07, 6.45) is 1.84. The molecule has 2 aromatic rings.